The quantitative estimate of drug-likeness (QED) is 0.552. The maximum absolute atomic E-state index is 13.3. The van der Waals surface area contributed by atoms with Gasteiger partial charge >= 0.3 is 0 Å². The SMILES string of the molecule is CC1(C)COc2ccc(C(=O)N3CCN(C(c4ccccc4)c4ccccc4)CC3)cc2OC1. The predicted molar refractivity (Wildman–Crippen MR) is 133 cm³/mol. The number of piperazine rings is 1. The van der Waals surface area contributed by atoms with Gasteiger partial charge in [0.25, 0.3) is 5.91 Å². The number of carbonyl (C=O) groups excluding carboxylic acids is 1. The zero-order chi connectivity index (χ0) is 23.5. The van der Waals surface area contributed by atoms with E-state index in [-0.39, 0.29) is 17.4 Å². The third-order valence-corrected chi connectivity index (χ3v) is 6.62. The number of ether oxygens (including phenoxy) is 2. The van der Waals surface area contributed by atoms with Crippen molar-refractivity contribution in [3.63, 3.8) is 0 Å². The third-order valence-electron chi connectivity index (χ3n) is 6.62. The fraction of sp³-hybridized carbons (Fsp3) is 0.345. The van der Waals surface area contributed by atoms with Gasteiger partial charge in [0.05, 0.1) is 19.3 Å². The average Bonchev–Trinajstić information content (AvgIpc) is 3.03. The van der Waals surface area contributed by atoms with Crippen molar-refractivity contribution in [2.75, 3.05) is 39.4 Å². The predicted octanol–water partition coefficient (Wildman–Crippen LogP) is 5.03. The molecular formula is C29H32N2O3. The van der Waals surface area contributed by atoms with E-state index in [2.05, 4.69) is 79.4 Å². The number of hydrogen-bond donors (Lipinski definition) is 0. The molecule has 3 aromatic rings. The van der Waals surface area contributed by atoms with E-state index in [1.807, 2.05) is 23.1 Å². The Hall–Kier alpha value is -3.31. The molecule has 0 N–H and O–H groups in total. The van der Waals surface area contributed by atoms with Crippen LogP contribution in [0, 0.1) is 5.41 Å². The molecule has 176 valence electrons. The Bertz CT molecular complexity index is 1080. The Morgan fingerprint density at radius 1 is 0.765 bits per heavy atom. The van der Waals surface area contributed by atoms with Gasteiger partial charge in [0.2, 0.25) is 0 Å². The number of carbonyl (C=O) groups is 1. The monoisotopic (exact) mass is 456 g/mol. The molecule has 2 aliphatic rings. The second-order valence-electron chi connectivity index (χ2n) is 9.96. The van der Waals surface area contributed by atoms with Crippen molar-refractivity contribution in [2.24, 2.45) is 5.41 Å². The van der Waals surface area contributed by atoms with Gasteiger partial charge in [-0.05, 0) is 29.3 Å². The Morgan fingerprint density at radius 3 is 1.91 bits per heavy atom. The summed E-state index contributed by atoms with van der Waals surface area (Å²) in [6.07, 6.45) is 0. The zero-order valence-electron chi connectivity index (χ0n) is 19.9. The second kappa shape index (κ2) is 9.51. The average molecular weight is 457 g/mol. The third kappa shape index (κ3) is 4.80. The number of rotatable bonds is 4. The molecule has 2 aliphatic heterocycles. The van der Waals surface area contributed by atoms with Crippen LogP contribution in [0.4, 0.5) is 0 Å². The van der Waals surface area contributed by atoms with Gasteiger partial charge in [0.15, 0.2) is 11.5 Å². The molecular weight excluding hydrogens is 424 g/mol. The molecule has 5 nitrogen and oxygen atoms in total. The van der Waals surface area contributed by atoms with Crippen molar-refractivity contribution < 1.29 is 14.3 Å². The molecule has 2 heterocycles. The Morgan fingerprint density at radius 2 is 1.32 bits per heavy atom. The topological polar surface area (TPSA) is 42.0 Å². The summed E-state index contributed by atoms with van der Waals surface area (Å²) in [5.41, 5.74) is 3.14. The summed E-state index contributed by atoms with van der Waals surface area (Å²) in [6.45, 7) is 8.41. The summed E-state index contributed by atoms with van der Waals surface area (Å²) in [5.74, 6) is 1.41. The molecule has 1 saturated heterocycles. The van der Waals surface area contributed by atoms with E-state index in [0.29, 0.717) is 43.4 Å². The lowest BCUT2D eigenvalue weighted by Crippen LogP contribution is -2.49. The van der Waals surface area contributed by atoms with Crippen molar-refractivity contribution in [3.05, 3.63) is 95.6 Å². The largest absolute Gasteiger partial charge is 0.489 e. The first-order chi connectivity index (χ1) is 16.5. The van der Waals surface area contributed by atoms with E-state index in [4.69, 9.17) is 9.47 Å². The van der Waals surface area contributed by atoms with Crippen molar-refractivity contribution in [3.8, 4) is 11.5 Å². The molecule has 0 radical (unpaired) electrons. The molecule has 0 bridgehead atoms. The summed E-state index contributed by atoms with van der Waals surface area (Å²) in [7, 11) is 0. The first kappa shape index (κ1) is 22.5. The molecule has 5 heteroatoms. The lowest BCUT2D eigenvalue weighted by Gasteiger charge is -2.39. The van der Waals surface area contributed by atoms with Gasteiger partial charge in [-0.25, -0.2) is 0 Å². The molecule has 3 aromatic carbocycles. The Balaban J connectivity index is 1.29. The zero-order valence-corrected chi connectivity index (χ0v) is 19.9. The highest BCUT2D eigenvalue weighted by Crippen LogP contribution is 2.35. The van der Waals surface area contributed by atoms with Crippen LogP contribution < -0.4 is 9.47 Å². The molecule has 1 fully saturated rings. The van der Waals surface area contributed by atoms with Gasteiger partial charge in [0, 0.05) is 37.2 Å². The number of fused-ring (bicyclic) bond motifs is 1. The van der Waals surface area contributed by atoms with Crippen molar-refractivity contribution >= 4 is 5.91 Å². The van der Waals surface area contributed by atoms with Crippen LogP contribution in [0.1, 0.15) is 41.4 Å². The van der Waals surface area contributed by atoms with Gasteiger partial charge in [-0.3, -0.25) is 9.69 Å². The molecule has 0 aliphatic carbocycles. The summed E-state index contributed by atoms with van der Waals surface area (Å²) in [4.78, 5) is 17.8. The summed E-state index contributed by atoms with van der Waals surface area (Å²) in [6, 6.07) is 27.0. The van der Waals surface area contributed by atoms with Crippen LogP contribution in [-0.4, -0.2) is 55.1 Å². The number of nitrogens with zero attached hydrogens (tertiary/aromatic N) is 2. The molecule has 0 spiro atoms. The van der Waals surface area contributed by atoms with Crippen LogP contribution in [0.5, 0.6) is 11.5 Å². The Labute approximate surface area is 201 Å². The highest BCUT2D eigenvalue weighted by atomic mass is 16.5. The second-order valence-corrected chi connectivity index (χ2v) is 9.96. The minimum Gasteiger partial charge on any atom is -0.489 e. The van der Waals surface area contributed by atoms with Crippen LogP contribution in [0.15, 0.2) is 78.9 Å². The number of benzene rings is 3. The molecule has 1 amide bonds. The summed E-state index contributed by atoms with van der Waals surface area (Å²) in [5, 5.41) is 0. The van der Waals surface area contributed by atoms with Crippen LogP contribution in [0.3, 0.4) is 0 Å². The molecule has 34 heavy (non-hydrogen) atoms. The normalized spacial score (nSPS) is 17.9. The minimum atomic E-state index is -0.0619. The van der Waals surface area contributed by atoms with Gasteiger partial charge < -0.3 is 14.4 Å². The highest BCUT2D eigenvalue weighted by molar-refractivity contribution is 5.95. The summed E-state index contributed by atoms with van der Waals surface area (Å²) >= 11 is 0. The van der Waals surface area contributed by atoms with E-state index >= 15 is 0 Å². The lowest BCUT2D eigenvalue weighted by molar-refractivity contribution is 0.0597. The van der Waals surface area contributed by atoms with Gasteiger partial charge in [-0.15, -0.1) is 0 Å². The minimum absolute atomic E-state index is 0.0468. The molecule has 0 atom stereocenters. The first-order valence-corrected chi connectivity index (χ1v) is 12.0. The van der Waals surface area contributed by atoms with Crippen molar-refractivity contribution in [1.29, 1.82) is 0 Å². The van der Waals surface area contributed by atoms with Gasteiger partial charge in [0.1, 0.15) is 0 Å². The van der Waals surface area contributed by atoms with Crippen molar-refractivity contribution in [1.82, 2.24) is 9.80 Å². The van der Waals surface area contributed by atoms with Crippen molar-refractivity contribution in [2.45, 2.75) is 19.9 Å². The fourth-order valence-electron chi connectivity index (χ4n) is 4.71. The maximum Gasteiger partial charge on any atom is 0.254 e. The molecule has 0 saturated carbocycles. The van der Waals surface area contributed by atoms with Crippen LogP contribution in [0.2, 0.25) is 0 Å². The smallest absolute Gasteiger partial charge is 0.254 e. The molecule has 5 rings (SSSR count). The van der Waals surface area contributed by atoms with Crippen LogP contribution >= 0.6 is 0 Å². The Kier molecular flexibility index (Phi) is 6.29. The highest BCUT2D eigenvalue weighted by Gasteiger charge is 2.30. The first-order valence-electron chi connectivity index (χ1n) is 12.0. The van der Waals surface area contributed by atoms with E-state index < -0.39 is 0 Å². The fourth-order valence-corrected chi connectivity index (χ4v) is 4.71. The molecule has 0 aromatic heterocycles. The van der Waals surface area contributed by atoms with E-state index in [0.717, 1.165) is 13.1 Å². The number of amides is 1. The van der Waals surface area contributed by atoms with Crippen LogP contribution in [-0.2, 0) is 0 Å². The van der Waals surface area contributed by atoms with Gasteiger partial charge in [-0.2, -0.15) is 0 Å². The maximum atomic E-state index is 13.3. The van der Waals surface area contributed by atoms with Crippen LogP contribution in [0.25, 0.3) is 0 Å². The van der Waals surface area contributed by atoms with Gasteiger partial charge in [-0.1, -0.05) is 74.5 Å². The van der Waals surface area contributed by atoms with E-state index in [9.17, 15) is 4.79 Å². The molecule has 0 unspecified atom stereocenters. The number of hydrogen-bond acceptors (Lipinski definition) is 4. The standard InChI is InChI=1S/C29H32N2O3/c1-29(2)20-33-25-14-13-24(19-26(25)34-21-29)28(32)31-17-15-30(16-18-31)27(22-9-5-3-6-10-22)23-11-7-4-8-12-23/h3-14,19,27H,15-18,20-21H2,1-2H3. The van der Waals surface area contributed by atoms with E-state index in [1.165, 1.54) is 11.1 Å². The summed E-state index contributed by atoms with van der Waals surface area (Å²) < 4.78 is 11.9. The van der Waals surface area contributed by atoms with E-state index in [1.54, 1.807) is 0 Å². The lowest BCUT2D eigenvalue weighted by atomic mass is 9.96.